The van der Waals surface area contributed by atoms with Crippen LogP contribution in [0.15, 0.2) is 109 Å². The lowest BCUT2D eigenvalue weighted by Crippen LogP contribution is -2.30. The van der Waals surface area contributed by atoms with Crippen molar-refractivity contribution in [3.63, 3.8) is 0 Å². The highest BCUT2D eigenvalue weighted by molar-refractivity contribution is 5.70. The van der Waals surface area contributed by atoms with E-state index in [4.69, 9.17) is 14.2 Å². The maximum Gasteiger partial charge on any atom is 0.306 e. The Hall–Kier alpha value is -3.44. The molecule has 0 aliphatic rings. The van der Waals surface area contributed by atoms with Crippen LogP contribution in [0.2, 0.25) is 0 Å². The van der Waals surface area contributed by atoms with Crippen LogP contribution in [0.3, 0.4) is 0 Å². The van der Waals surface area contributed by atoms with Crippen LogP contribution in [0.4, 0.5) is 0 Å². The predicted molar refractivity (Wildman–Crippen MR) is 279 cm³/mol. The predicted octanol–water partition coefficient (Wildman–Crippen LogP) is 18.0. The number of hydrogen-bond donors (Lipinski definition) is 0. The molecule has 5 heteroatoms. The molecule has 0 saturated heterocycles. The molecule has 0 aromatic heterocycles. The van der Waals surface area contributed by atoms with Gasteiger partial charge in [0, 0.05) is 12.8 Å². The second-order valence-corrected chi connectivity index (χ2v) is 17.0. The van der Waals surface area contributed by atoms with Crippen molar-refractivity contribution in [2.75, 3.05) is 19.8 Å². The number of ether oxygens (including phenoxy) is 3. The van der Waals surface area contributed by atoms with Gasteiger partial charge in [-0.15, -0.1) is 0 Å². The van der Waals surface area contributed by atoms with Gasteiger partial charge in [0.2, 0.25) is 0 Å². The highest BCUT2D eigenvalue weighted by Gasteiger charge is 2.17. The molecule has 0 bridgehead atoms. The third kappa shape index (κ3) is 51.2. The first-order valence-electron chi connectivity index (χ1n) is 26.4. The molecule has 0 aromatic carbocycles. The first-order valence-corrected chi connectivity index (χ1v) is 26.4. The van der Waals surface area contributed by atoms with Crippen LogP contribution in [0.25, 0.3) is 0 Å². The number of carbonyl (C=O) groups excluding carboxylic acids is 2. The van der Waals surface area contributed by atoms with E-state index in [1.54, 1.807) is 0 Å². The van der Waals surface area contributed by atoms with E-state index in [2.05, 4.69) is 124 Å². The Kier molecular flexibility index (Phi) is 51.0. The topological polar surface area (TPSA) is 61.8 Å². The van der Waals surface area contributed by atoms with Gasteiger partial charge in [0.15, 0.2) is 6.10 Å². The fourth-order valence-electron chi connectivity index (χ4n) is 7.00. The summed E-state index contributed by atoms with van der Waals surface area (Å²) in [5.74, 6) is -0.532. The van der Waals surface area contributed by atoms with E-state index < -0.39 is 6.10 Å². The Labute approximate surface area is 395 Å². The normalized spacial score (nSPS) is 13.1. The molecule has 0 rings (SSSR count). The largest absolute Gasteiger partial charge is 0.462 e. The monoisotopic (exact) mass is 887 g/mol. The van der Waals surface area contributed by atoms with Crippen molar-refractivity contribution in [2.24, 2.45) is 0 Å². The van der Waals surface area contributed by atoms with E-state index >= 15 is 0 Å². The van der Waals surface area contributed by atoms with Crippen molar-refractivity contribution in [3.8, 4) is 0 Å². The molecule has 5 nitrogen and oxygen atoms in total. The van der Waals surface area contributed by atoms with Crippen molar-refractivity contribution in [1.29, 1.82) is 0 Å². The van der Waals surface area contributed by atoms with Crippen LogP contribution >= 0.6 is 0 Å². The van der Waals surface area contributed by atoms with Crippen molar-refractivity contribution < 1.29 is 23.8 Å². The lowest BCUT2D eigenvalue weighted by Gasteiger charge is -2.18. The average Bonchev–Trinajstić information content (AvgIpc) is 3.30. The van der Waals surface area contributed by atoms with Gasteiger partial charge < -0.3 is 14.2 Å². The summed E-state index contributed by atoms with van der Waals surface area (Å²) in [4.78, 5) is 25.4. The Morgan fingerprint density at radius 1 is 0.359 bits per heavy atom. The molecule has 64 heavy (non-hydrogen) atoms. The fourth-order valence-corrected chi connectivity index (χ4v) is 7.00. The first kappa shape index (κ1) is 60.6. The number of unbranched alkanes of at least 4 members (excludes halogenated alkanes) is 18. The minimum absolute atomic E-state index is 0.0232. The number of carbonyl (C=O) groups is 2. The maximum absolute atomic E-state index is 12.7. The van der Waals surface area contributed by atoms with Gasteiger partial charge in [0.1, 0.15) is 6.61 Å². The second-order valence-electron chi connectivity index (χ2n) is 17.0. The average molecular weight is 887 g/mol. The van der Waals surface area contributed by atoms with E-state index in [0.717, 1.165) is 83.5 Å². The molecule has 1 unspecified atom stereocenters. The van der Waals surface area contributed by atoms with Gasteiger partial charge in [0.05, 0.1) is 13.2 Å². The molecular weight excluding hydrogens is 789 g/mol. The van der Waals surface area contributed by atoms with Gasteiger partial charge >= 0.3 is 11.9 Å². The van der Waals surface area contributed by atoms with Crippen LogP contribution in [-0.2, 0) is 23.8 Å². The zero-order valence-electron chi connectivity index (χ0n) is 41.8. The van der Waals surface area contributed by atoms with Gasteiger partial charge in [0.25, 0.3) is 0 Å². The minimum atomic E-state index is -0.618. The van der Waals surface area contributed by atoms with Crippen molar-refractivity contribution in [3.05, 3.63) is 109 Å². The Morgan fingerprint density at radius 3 is 1.09 bits per heavy atom. The summed E-state index contributed by atoms with van der Waals surface area (Å²) >= 11 is 0. The van der Waals surface area contributed by atoms with E-state index in [9.17, 15) is 9.59 Å². The third-order valence-corrected chi connectivity index (χ3v) is 10.8. The van der Waals surface area contributed by atoms with Gasteiger partial charge in [-0.1, -0.05) is 246 Å². The van der Waals surface area contributed by atoms with E-state index in [1.807, 2.05) is 6.08 Å². The summed E-state index contributed by atoms with van der Waals surface area (Å²) in [5, 5.41) is 0. The minimum Gasteiger partial charge on any atom is -0.462 e. The fraction of sp³-hybridized carbons (Fsp3) is 0.661. The third-order valence-electron chi connectivity index (χ3n) is 10.8. The number of allylic oxidation sites excluding steroid dienone is 17. The van der Waals surface area contributed by atoms with Gasteiger partial charge in [-0.05, 0) is 77.0 Å². The molecule has 0 aliphatic carbocycles. The second kappa shape index (κ2) is 53.9. The van der Waals surface area contributed by atoms with Crippen LogP contribution in [0.1, 0.15) is 226 Å². The Balaban J connectivity index is 4.40. The summed E-state index contributed by atoms with van der Waals surface area (Å²) < 4.78 is 17.2. The zero-order valence-corrected chi connectivity index (χ0v) is 41.8. The zero-order chi connectivity index (χ0) is 46.3. The summed E-state index contributed by atoms with van der Waals surface area (Å²) in [7, 11) is 0. The van der Waals surface area contributed by atoms with Gasteiger partial charge in [-0.2, -0.15) is 0 Å². The molecule has 0 amide bonds. The summed E-state index contributed by atoms with van der Waals surface area (Å²) in [6.07, 6.45) is 74.3. The lowest BCUT2D eigenvalue weighted by molar-refractivity contribution is -0.162. The van der Waals surface area contributed by atoms with Crippen LogP contribution in [0, 0.1) is 0 Å². The van der Waals surface area contributed by atoms with Crippen LogP contribution < -0.4 is 0 Å². The molecule has 0 N–H and O–H groups in total. The molecule has 0 spiro atoms. The molecule has 0 aliphatic heterocycles. The molecular formula is C59H98O5. The summed E-state index contributed by atoms with van der Waals surface area (Å²) in [6, 6.07) is 0. The summed E-state index contributed by atoms with van der Waals surface area (Å²) in [6.45, 7) is 7.32. The highest BCUT2D eigenvalue weighted by atomic mass is 16.6. The molecule has 364 valence electrons. The molecule has 0 saturated carbocycles. The molecule has 0 fully saturated rings. The highest BCUT2D eigenvalue weighted by Crippen LogP contribution is 2.15. The Bertz CT molecular complexity index is 1280. The van der Waals surface area contributed by atoms with Crippen LogP contribution in [-0.4, -0.2) is 37.9 Å². The maximum atomic E-state index is 12.7. The standard InChI is InChI=1S/C59H98O5/c1-4-7-10-13-16-19-22-25-27-29-30-31-32-35-37-40-43-46-49-52-58(60)63-56-57(64-59(61)53-50-47-44-41-38-34-24-21-18-15-12-9-6-3)55-62-54-51-48-45-42-39-36-33-28-26-23-20-17-14-11-8-5-2/h8-9,11-12,17-18,20-21,26,28,34,36,38-39,44-45,47-48,57H,4-7,10,13-16,19,22-25,27,29-33,35,37,40-43,46,49-56H2,1-3H3/b11-8-,12-9-,20-17-,21-18-,28-26-,38-34-,39-36-,47-44-,48-45-. The van der Waals surface area contributed by atoms with Crippen molar-refractivity contribution in [2.45, 2.75) is 232 Å². The molecule has 1 atom stereocenters. The summed E-state index contributed by atoms with van der Waals surface area (Å²) in [5.41, 5.74) is 0. The first-order chi connectivity index (χ1) is 31.6. The van der Waals surface area contributed by atoms with Crippen LogP contribution in [0.5, 0.6) is 0 Å². The van der Waals surface area contributed by atoms with E-state index in [1.165, 1.54) is 103 Å². The Morgan fingerprint density at radius 2 is 0.703 bits per heavy atom. The SMILES string of the molecule is CC/C=C\C/C=C\C/C=C\C/C=C\C/C=C\CCOCC(COC(=O)CCCCCCCCCCCCCCCCCCCCC)OC(=O)CC/C=C\C/C=C\C/C=C\C/C=C\CC. The van der Waals surface area contributed by atoms with E-state index in [-0.39, 0.29) is 31.6 Å². The molecule has 0 heterocycles. The van der Waals surface area contributed by atoms with E-state index in [0.29, 0.717) is 19.4 Å². The molecule has 0 radical (unpaired) electrons. The van der Waals surface area contributed by atoms with Crippen molar-refractivity contribution in [1.82, 2.24) is 0 Å². The number of rotatable bonds is 47. The lowest BCUT2D eigenvalue weighted by atomic mass is 10.0. The smallest absolute Gasteiger partial charge is 0.306 e. The van der Waals surface area contributed by atoms with Gasteiger partial charge in [-0.25, -0.2) is 0 Å². The quantitative estimate of drug-likeness (QED) is 0.0346. The van der Waals surface area contributed by atoms with Crippen molar-refractivity contribution >= 4 is 11.9 Å². The number of hydrogen-bond acceptors (Lipinski definition) is 5. The number of esters is 2. The van der Waals surface area contributed by atoms with Gasteiger partial charge in [-0.3, -0.25) is 9.59 Å². The molecule has 0 aromatic rings.